The first-order valence-corrected chi connectivity index (χ1v) is 6.65. The Balaban J connectivity index is 2.00. The Kier molecular flexibility index (Phi) is 4.76. The highest BCUT2D eigenvalue weighted by atomic mass is 16.5. The zero-order valence-electron chi connectivity index (χ0n) is 11.8. The van der Waals surface area contributed by atoms with Gasteiger partial charge in [0.05, 0.1) is 12.1 Å². The summed E-state index contributed by atoms with van der Waals surface area (Å²) >= 11 is 0. The van der Waals surface area contributed by atoms with Crippen LogP contribution in [0.2, 0.25) is 0 Å². The third-order valence-electron chi connectivity index (χ3n) is 3.20. The normalized spacial score (nSPS) is 14.2. The number of hydrogen-bond donors (Lipinski definition) is 2. The maximum atomic E-state index is 11.9. The lowest BCUT2D eigenvalue weighted by molar-refractivity contribution is -0.123. The van der Waals surface area contributed by atoms with Gasteiger partial charge in [-0.05, 0) is 25.5 Å². The minimum atomic E-state index is -0.568. The van der Waals surface area contributed by atoms with Gasteiger partial charge in [-0.1, -0.05) is 18.2 Å². The molecule has 108 valence electrons. The van der Waals surface area contributed by atoms with Crippen LogP contribution in [0.1, 0.15) is 25.1 Å². The smallest absolute Gasteiger partial charge is 0.237 e. The van der Waals surface area contributed by atoms with E-state index in [9.17, 15) is 4.79 Å². The molecule has 2 rings (SSSR count). The molecule has 0 fully saturated rings. The molecule has 1 amide bonds. The lowest BCUT2D eigenvalue weighted by Crippen LogP contribution is -2.42. The Hall–Kier alpha value is -1.85. The predicted molar refractivity (Wildman–Crippen MR) is 77.2 cm³/mol. The molecular weight excluding hydrogens is 256 g/mol. The Morgan fingerprint density at radius 3 is 2.90 bits per heavy atom. The summed E-state index contributed by atoms with van der Waals surface area (Å²) in [4.78, 5) is 11.9. The number of amides is 1. The molecule has 0 saturated carbocycles. The first-order valence-electron chi connectivity index (χ1n) is 6.65. The van der Waals surface area contributed by atoms with Crippen LogP contribution < -0.4 is 11.1 Å². The second-order valence-corrected chi connectivity index (χ2v) is 4.80. The molecule has 20 heavy (non-hydrogen) atoms. The average Bonchev–Trinajstić information content (AvgIpc) is 2.88. The number of nitrogens with one attached hydrogen (secondary N) is 1. The molecule has 0 aliphatic rings. The number of hydrogen-bond acceptors (Lipinski definition) is 4. The van der Waals surface area contributed by atoms with Gasteiger partial charge in [-0.3, -0.25) is 4.79 Å². The maximum absolute atomic E-state index is 11.9. The number of para-hydroxylation sites is 1. The molecule has 2 unspecified atom stereocenters. The van der Waals surface area contributed by atoms with Crippen molar-refractivity contribution in [3.8, 4) is 0 Å². The van der Waals surface area contributed by atoms with Crippen molar-refractivity contribution in [2.24, 2.45) is 5.73 Å². The fourth-order valence-electron chi connectivity index (χ4n) is 1.98. The molecule has 0 aliphatic heterocycles. The molecule has 1 aromatic carbocycles. The molecule has 0 saturated heterocycles. The summed E-state index contributed by atoms with van der Waals surface area (Å²) in [6.07, 6.45) is 0.495. The molecule has 1 heterocycles. The topological polar surface area (TPSA) is 77.5 Å². The maximum Gasteiger partial charge on any atom is 0.237 e. The third kappa shape index (κ3) is 3.37. The Morgan fingerprint density at radius 2 is 2.20 bits per heavy atom. The standard InChI is InChI=1S/C15H20N2O3/c1-10(17-15(18)12(16)7-8-19-2)14-9-11-5-3-4-6-13(11)20-14/h3-6,9-10,12H,7-8,16H2,1-2H3,(H,17,18). The highest BCUT2D eigenvalue weighted by Crippen LogP contribution is 2.23. The largest absolute Gasteiger partial charge is 0.459 e. The molecule has 0 aliphatic carbocycles. The van der Waals surface area contributed by atoms with Gasteiger partial charge >= 0.3 is 0 Å². The Morgan fingerprint density at radius 1 is 1.45 bits per heavy atom. The van der Waals surface area contributed by atoms with Crippen molar-refractivity contribution in [1.29, 1.82) is 0 Å². The van der Waals surface area contributed by atoms with Gasteiger partial charge in [0, 0.05) is 19.1 Å². The lowest BCUT2D eigenvalue weighted by Gasteiger charge is -2.15. The summed E-state index contributed by atoms with van der Waals surface area (Å²) in [6, 6.07) is 8.88. The van der Waals surface area contributed by atoms with Gasteiger partial charge in [0.15, 0.2) is 0 Å². The van der Waals surface area contributed by atoms with Crippen molar-refractivity contribution in [3.05, 3.63) is 36.1 Å². The van der Waals surface area contributed by atoms with E-state index in [1.54, 1.807) is 7.11 Å². The van der Waals surface area contributed by atoms with E-state index in [0.717, 1.165) is 16.7 Å². The number of benzene rings is 1. The van der Waals surface area contributed by atoms with E-state index in [-0.39, 0.29) is 11.9 Å². The monoisotopic (exact) mass is 276 g/mol. The zero-order chi connectivity index (χ0) is 14.5. The molecule has 0 spiro atoms. The third-order valence-corrected chi connectivity index (χ3v) is 3.20. The van der Waals surface area contributed by atoms with Crippen LogP contribution in [0.5, 0.6) is 0 Å². The van der Waals surface area contributed by atoms with Crippen molar-refractivity contribution in [1.82, 2.24) is 5.32 Å². The van der Waals surface area contributed by atoms with Crippen molar-refractivity contribution >= 4 is 16.9 Å². The van der Waals surface area contributed by atoms with E-state index in [2.05, 4.69) is 5.32 Å². The fraction of sp³-hybridized carbons (Fsp3) is 0.400. The summed E-state index contributed by atoms with van der Waals surface area (Å²) in [5, 5.41) is 3.87. The second-order valence-electron chi connectivity index (χ2n) is 4.80. The van der Waals surface area contributed by atoms with E-state index < -0.39 is 6.04 Å². The zero-order valence-corrected chi connectivity index (χ0v) is 11.8. The van der Waals surface area contributed by atoms with Crippen molar-refractivity contribution in [2.45, 2.75) is 25.4 Å². The van der Waals surface area contributed by atoms with Crippen molar-refractivity contribution < 1.29 is 13.9 Å². The number of methoxy groups -OCH3 is 1. The summed E-state index contributed by atoms with van der Waals surface area (Å²) in [5.74, 6) is 0.522. The van der Waals surface area contributed by atoms with Crippen LogP contribution in [0.4, 0.5) is 0 Å². The number of nitrogens with two attached hydrogens (primary N) is 1. The van der Waals surface area contributed by atoms with E-state index in [0.29, 0.717) is 13.0 Å². The van der Waals surface area contributed by atoms with Gasteiger partial charge in [-0.2, -0.15) is 0 Å². The van der Waals surface area contributed by atoms with E-state index >= 15 is 0 Å². The second kappa shape index (κ2) is 6.54. The summed E-state index contributed by atoms with van der Waals surface area (Å²) in [5.41, 5.74) is 6.59. The Labute approximate surface area is 118 Å². The van der Waals surface area contributed by atoms with E-state index in [1.165, 1.54) is 0 Å². The van der Waals surface area contributed by atoms with Crippen molar-refractivity contribution in [3.63, 3.8) is 0 Å². The molecule has 1 aromatic heterocycles. The minimum Gasteiger partial charge on any atom is -0.459 e. The fourth-order valence-corrected chi connectivity index (χ4v) is 1.98. The molecule has 3 N–H and O–H groups in total. The van der Waals surface area contributed by atoms with Gasteiger partial charge in [0.2, 0.25) is 5.91 Å². The Bertz CT molecular complexity index is 546. The predicted octanol–water partition coefficient (Wildman–Crippen LogP) is 1.97. The molecule has 2 aromatic rings. The number of ether oxygens (including phenoxy) is 1. The number of furan rings is 1. The van der Waals surface area contributed by atoms with Gasteiger partial charge in [-0.25, -0.2) is 0 Å². The van der Waals surface area contributed by atoms with Crippen LogP contribution in [0.15, 0.2) is 34.7 Å². The minimum absolute atomic E-state index is 0.199. The lowest BCUT2D eigenvalue weighted by atomic mass is 10.1. The van der Waals surface area contributed by atoms with Gasteiger partial charge in [0.25, 0.3) is 0 Å². The molecule has 5 nitrogen and oxygen atoms in total. The number of carbonyl (C=O) groups excluding carboxylic acids is 1. The quantitative estimate of drug-likeness (QED) is 0.845. The van der Waals surface area contributed by atoms with Gasteiger partial charge in [0.1, 0.15) is 11.3 Å². The molecule has 2 atom stereocenters. The van der Waals surface area contributed by atoms with Crippen LogP contribution in [-0.2, 0) is 9.53 Å². The van der Waals surface area contributed by atoms with Crippen LogP contribution in [0.25, 0.3) is 11.0 Å². The van der Waals surface area contributed by atoms with E-state index in [1.807, 2.05) is 37.3 Å². The summed E-state index contributed by atoms with van der Waals surface area (Å²) in [7, 11) is 1.58. The van der Waals surface area contributed by atoms with Crippen LogP contribution in [0.3, 0.4) is 0 Å². The number of carbonyl (C=O) groups is 1. The van der Waals surface area contributed by atoms with Crippen LogP contribution in [-0.4, -0.2) is 25.7 Å². The van der Waals surface area contributed by atoms with Crippen LogP contribution >= 0.6 is 0 Å². The van der Waals surface area contributed by atoms with Gasteiger partial charge < -0.3 is 20.2 Å². The van der Waals surface area contributed by atoms with Gasteiger partial charge in [-0.15, -0.1) is 0 Å². The van der Waals surface area contributed by atoms with Crippen LogP contribution in [0, 0.1) is 0 Å². The molecule has 5 heteroatoms. The molecule has 0 bridgehead atoms. The first-order chi connectivity index (χ1) is 9.61. The van der Waals surface area contributed by atoms with Crippen molar-refractivity contribution in [2.75, 3.05) is 13.7 Å². The summed E-state index contributed by atoms with van der Waals surface area (Å²) in [6.45, 7) is 2.34. The molecular formula is C15H20N2O3. The average molecular weight is 276 g/mol. The highest BCUT2D eigenvalue weighted by Gasteiger charge is 2.18. The van der Waals surface area contributed by atoms with E-state index in [4.69, 9.17) is 14.9 Å². The number of rotatable bonds is 6. The molecule has 0 radical (unpaired) electrons. The number of fused-ring (bicyclic) bond motifs is 1. The first kappa shape index (κ1) is 14.6. The summed E-state index contributed by atoms with van der Waals surface area (Å²) < 4.78 is 10.6. The SMILES string of the molecule is COCCC(N)C(=O)NC(C)c1cc2ccccc2o1. The highest BCUT2D eigenvalue weighted by molar-refractivity contribution is 5.82.